The van der Waals surface area contributed by atoms with Crippen LogP contribution in [0.3, 0.4) is 0 Å². The first-order valence-electron chi connectivity index (χ1n) is 10.4. The Balaban J connectivity index is 1.79. The minimum absolute atomic E-state index is 0.160. The second-order valence-corrected chi connectivity index (χ2v) is 8.40. The number of nitrogens with one attached hydrogen (secondary N) is 2. The number of carbonyl (C=O) groups is 1. The van der Waals surface area contributed by atoms with Crippen LogP contribution in [-0.4, -0.2) is 35.8 Å². The normalized spacial score (nSPS) is 10.7. The number of benzene rings is 2. The molecule has 2 N–H and O–H groups in total. The first kappa shape index (κ1) is 23.7. The summed E-state index contributed by atoms with van der Waals surface area (Å²) in [5.41, 5.74) is 3.54. The van der Waals surface area contributed by atoms with Gasteiger partial charge < -0.3 is 19.5 Å². The average Bonchev–Trinajstić information content (AvgIpc) is 3.12. The number of amides is 1. The number of carbonyl (C=O) groups excluding carboxylic acids is 1. The summed E-state index contributed by atoms with van der Waals surface area (Å²) < 4.78 is 18.1. The van der Waals surface area contributed by atoms with E-state index in [0.717, 1.165) is 15.8 Å². The molecule has 0 unspecified atom stereocenters. The van der Waals surface area contributed by atoms with Crippen molar-refractivity contribution in [1.82, 2.24) is 10.3 Å². The van der Waals surface area contributed by atoms with E-state index in [1.807, 2.05) is 34.6 Å². The Labute approximate surface area is 197 Å². The maximum absolute atomic E-state index is 12.9. The smallest absolute Gasteiger partial charge is 0.257 e. The zero-order valence-electron chi connectivity index (χ0n) is 18.8. The van der Waals surface area contributed by atoms with Crippen molar-refractivity contribution in [3.05, 3.63) is 41.0 Å². The van der Waals surface area contributed by atoms with Crippen LogP contribution in [0.2, 0.25) is 0 Å². The van der Waals surface area contributed by atoms with E-state index in [-0.39, 0.29) is 11.0 Å². The lowest BCUT2D eigenvalue weighted by atomic mass is 10.1. The molecule has 0 atom stereocenters. The van der Waals surface area contributed by atoms with Crippen molar-refractivity contribution in [1.29, 1.82) is 0 Å². The molecule has 1 aromatic heterocycles. The van der Waals surface area contributed by atoms with Crippen LogP contribution < -0.4 is 24.8 Å². The molecule has 2 aromatic carbocycles. The molecule has 3 rings (SSSR count). The van der Waals surface area contributed by atoms with Gasteiger partial charge in [-0.3, -0.25) is 10.1 Å². The van der Waals surface area contributed by atoms with Crippen molar-refractivity contribution in [3.8, 4) is 17.2 Å². The molecule has 0 bridgehead atoms. The molecular weight excluding hydrogens is 446 g/mol. The minimum atomic E-state index is -0.388. The summed E-state index contributed by atoms with van der Waals surface area (Å²) in [5, 5.41) is 6.49. The predicted molar refractivity (Wildman–Crippen MR) is 133 cm³/mol. The summed E-state index contributed by atoms with van der Waals surface area (Å²) in [7, 11) is 0. The molecule has 1 amide bonds. The number of rotatable bonds is 8. The summed E-state index contributed by atoms with van der Waals surface area (Å²) >= 11 is 6.83. The Morgan fingerprint density at radius 3 is 2.22 bits per heavy atom. The van der Waals surface area contributed by atoms with Gasteiger partial charge in [0, 0.05) is 5.56 Å². The van der Waals surface area contributed by atoms with E-state index in [2.05, 4.69) is 27.8 Å². The first-order chi connectivity index (χ1) is 15.4. The lowest BCUT2D eigenvalue weighted by Gasteiger charge is -2.17. The fraction of sp³-hybridized carbons (Fsp3) is 0.348. The van der Waals surface area contributed by atoms with Gasteiger partial charge in [0.05, 0.1) is 30.0 Å². The first-order valence-corrected chi connectivity index (χ1v) is 11.6. The summed E-state index contributed by atoms with van der Waals surface area (Å²) in [4.78, 5) is 17.5. The second kappa shape index (κ2) is 10.6. The van der Waals surface area contributed by atoms with Gasteiger partial charge in [0.2, 0.25) is 5.75 Å². The van der Waals surface area contributed by atoms with Crippen molar-refractivity contribution in [2.24, 2.45) is 0 Å². The maximum atomic E-state index is 12.9. The molecule has 3 aromatic rings. The number of ether oxygens (including phenoxy) is 3. The number of thiocarbonyl (C=S) groups is 1. The van der Waals surface area contributed by atoms with Gasteiger partial charge in [-0.1, -0.05) is 17.4 Å². The number of hydrogen-bond donors (Lipinski definition) is 2. The molecule has 32 heavy (non-hydrogen) atoms. The summed E-state index contributed by atoms with van der Waals surface area (Å²) in [6.07, 6.45) is 0. The molecule has 0 saturated carbocycles. The molecule has 0 spiro atoms. The summed E-state index contributed by atoms with van der Waals surface area (Å²) in [6.45, 7) is 11.0. The lowest BCUT2D eigenvalue weighted by molar-refractivity contribution is 0.0976. The highest BCUT2D eigenvalue weighted by Crippen LogP contribution is 2.39. The Morgan fingerprint density at radius 2 is 1.62 bits per heavy atom. The topological polar surface area (TPSA) is 81.7 Å². The fourth-order valence-electron chi connectivity index (χ4n) is 3.25. The largest absolute Gasteiger partial charge is 0.490 e. The number of aryl methyl sites for hydroxylation is 2. The van der Waals surface area contributed by atoms with Gasteiger partial charge in [-0.15, -0.1) is 0 Å². The number of thiazole rings is 1. The van der Waals surface area contributed by atoms with E-state index in [1.165, 1.54) is 16.9 Å². The van der Waals surface area contributed by atoms with Gasteiger partial charge >= 0.3 is 0 Å². The maximum Gasteiger partial charge on any atom is 0.257 e. The molecule has 0 fully saturated rings. The third-order valence-corrected chi connectivity index (χ3v) is 5.57. The molecule has 0 saturated heterocycles. The standard InChI is InChI=1S/C23H27N3O4S2/c1-6-28-16-11-15(12-17(29-7-2)20(16)30-8-3)21(27)25-22(31)26-23-24-19-14(5)9-13(4)10-18(19)32-23/h9-12H,6-8H2,1-5H3,(H2,24,25,26,27,31). The van der Waals surface area contributed by atoms with Gasteiger partial charge in [-0.05, 0) is 76.2 Å². The van der Waals surface area contributed by atoms with Gasteiger partial charge in [-0.2, -0.15) is 0 Å². The zero-order chi connectivity index (χ0) is 23.3. The van der Waals surface area contributed by atoms with Crippen LogP contribution in [0, 0.1) is 13.8 Å². The molecular formula is C23H27N3O4S2. The third kappa shape index (κ3) is 5.46. The van der Waals surface area contributed by atoms with E-state index in [4.69, 9.17) is 26.4 Å². The van der Waals surface area contributed by atoms with Gasteiger partial charge in [0.25, 0.3) is 5.91 Å². The Kier molecular flexibility index (Phi) is 7.87. The molecule has 1 heterocycles. The van der Waals surface area contributed by atoms with E-state index < -0.39 is 0 Å². The van der Waals surface area contributed by atoms with E-state index in [0.29, 0.717) is 47.8 Å². The lowest BCUT2D eigenvalue weighted by Crippen LogP contribution is -2.34. The number of aromatic nitrogens is 1. The molecule has 9 heteroatoms. The molecule has 0 aliphatic heterocycles. The monoisotopic (exact) mass is 473 g/mol. The van der Waals surface area contributed by atoms with Gasteiger partial charge in [0.15, 0.2) is 21.7 Å². The van der Waals surface area contributed by atoms with Crippen LogP contribution in [0.1, 0.15) is 42.3 Å². The van der Waals surface area contributed by atoms with Crippen LogP contribution in [0.5, 0.6) is 17.2 Å². The van der Waals surface area contributed by atoms with Crippen LogP contribution in [0.4, 0.5) is 5.13 Å². The highest BCUT2D eigenvalue weighted by molar-refractivity contribution is 7.80. The minimum Gasteiger partial charge on any atom is -0.490 e. The van der Waals surface area contributed by atoms with Gasteiger partial charge in [0.1, 0.15) is 0 Å². The fourth-order valence-corrected chi connectivity index (χ4v) is 4.55. The Hall–Kier alpha value is -2.91. The van der Waals surface area contributed by atoms with E-state index in [1.54, 1.807) is 12.1 Å². The van der Waals surface area contributed by atoms with Crippen molar-refractivity contribution in [2.75, 3.05) is 25.1 Å². The van der Waals surface area contributed by atoms with Crippen LogP contribution >= 0.6 is 23.6 Å². The second-order valence-electron chi connectivity index (χ2n) is 6.96. The number of anilines is 1. The third-order valence-electron chi connectivity index (χ3n) is 4.45. The van der Waals surface area contributed by atoms with Crippen molar-refractivity contribution < 1.29 is 19.0 Å². The van der Waals surface area contributed by atoms with Crippen molar-refractivity contribution in [3.63, 3.8) is 0 Å². The summed E-state index contributed by atoms with van der Waals surface area (Å²) in [6, 6.07) is 7.42. The Bertz CT molecular complexity index is 1120. The number of fused-ring (bicyclic) bond motifs is 1. The number of nitrogens with zero attached hydrogens (tertiary/aromatic N) is 1. The van der Waals surface area contributed by atoms with Crippen molar-refractivity contribution >= 4 is 49.9 Å². The van der Waals surface area contributed by atoms with Crippen LogP contribution in [0.25, 0.3) is 10.2 Å². The van der Waals surface area contributed by atoms with E-state index >= 15 is 0 Å². The average molecular weight is 474 g/mol. The van der Waals surface area contributed by atoms with Crippen LogP contribution in [-0.2, 0) is 0 Å². The predicted octanol–water partition coefficient (Wildman–Crippen LogP) is 5.24. The quantitative estimate of drug-likeness (QED) is 0.433. The molecule has 0 aliphatic rings. The molecule has 0 aliphatic carbocycles. The zero-order valence-corrected chi connectivity index (χ0v) is 20.5. The number of hydrogen-bond acceptors (Lipinski definition) is 7. The van der Waals surface area contributed by atoms with Crippen molar-refractivity contribution in [2.45, 2.75) is 34.6 Å². The van der Waals surface area contributed by atoms with E-state index in [9.17, 15) is 4.79 Å². The van der Waals surface area contributed by atoms with Crippen LogP contribution in [0.15, 0.2) is 24.3 Å². The molecule has 0 radical (unpaired) electrons. The highest BCUT2D eigenvalue weighted by Gasteiger charge is 2.19. The highest BCUT2D eigenvalue weighted by atomic mass is 32.1. The SMILES string of the molecule is CCOc1cc(C(=O)NC(=S)Nc2nc3c(C)cc(C)cc3s2)cc(OCC)c1OCC. The molecule has 170 valence electrons. The van der Waals surface area contributed by atoms with Gasteiger partial charge in [-0.25, -0.2) is 4.98 Å². The summed E-state index contributed by atoms with van der Waals surface area (Å²) in [5.74, 6) is 0.983. The molecule has 7 nitrogen and oxygen atoms in total. The Morgan fingerprint density at radius 1 is 1.00 bits per heavy atom.